The van der Waals surface area contributed by atoms with Crippen molar-refractivity contribution in [2.45, 2.75) is 17.9 Å². The molecule has 1 fully saturated rings. The second-order valence-electron chi connectivity index (χ2n) is 4.27. The molecule has 0 unspecified atom stereocenters. The van der Waals surface area contributed by atoms with E-state index in [0.717, 1.165) is 25.9 Å². The lowest BCUT2D eigenvalue weighted by molar-refractivity contribution is -0.127. The smallest absolute Gasteiger partial charge is 0.354 e. The number of carbonyl (C=O) groups is 2. The molecule has 0 atom stereocenters. The number of rotatable bonds is 4. The first-order valence-electron chi connectivity index (χ1n) is 5.98. The molecule has 2 heterocycles. The van der Waals surface area contributed by atoms with Crippen molar-refractivity contribution < 1.29 is 14.7 Å². The van der Waals surface area contributed by atoms with Gasteiger partial charge in [0.05, 0.1) is 11.4 Å². The number of nitrogen functional groups attached to an aromatic ring is 1. The number of hydrogen-bond donors (Lipinski definition) is 2. The Hall–Kier alpha value is -1.76. The zero-order valence-corrected chi connectivity index (χ0v) is 11.2. The maximum Gasteiger partial charge on any atom is 0.354 e. The van der Waals surface area contributed by atoms with Crippen LogP contribution in [0.5, 0.6) is 0 Å². The number of nitrogens with two attached hydrogens (primary N) is 1. The standard InChI is InChI=1S/C12H15N3O3S/c13-8-3-4-9(12(17)18)14-11(8)19-7-10(16)15-5-1-2-6-15/h3-4H,1-2,5-7,13H2,(H,17,18). The van der Waals surface area contributed by atoms with Gasteiger partial charge in [0, 0.05) is 13.1 Å². The summed E-state index contributed by atoms with van der Waals surface area (Å²) >= 11 is 1.18. The fraction of sp³-hybridized carbons (Fsp3) is 0.417. The van der Waals surface area contributed by atoms with Crippen molar-refractivity contribution in [3.05, 3.63) is 17.8 Å². The van der Waals surface area contributed by atoms with E-state index in [0.29, 0.717) is 10.7 Å². The van der Waals surface area contributed by atoms with Gasteiger partial charge in [-0.3, -0.25) is 4.79 Å². The molecule has 19 heavy (non-hydrogen) atoms. The highest BCUT2D eigenvalue weighted by molar-refractivity contribution is 8.00. The van der Waals surface area contributed by atoms with E-state index in [1.54, 1.807) is 0 Å². The lowest BCUT2D eigenvalue weighted by Gasteiger charge is -2.14. The molecule has 0 saturated carbocycles. The van der Waals surface area contributed by atoms with E-state index < -0.39 is 5.97 Å². The Balaban J connectivity index is 2.00. The molecule has 6 nitrogen and oxygen atoms in total. The predicted molar refractivity (Wildman–Crippen MR) is 72.1 cm³/mol. The highest BCUT2D eigenvalue weighted by Crippen LogP contribution is 2.24. The lowest BCUT2D eigenvalue weighted by Crippen LogP contribution is -2.29. The van der Waals surface area contributed by atoms with Crippen molar-refractivity contribution in [3.8, 4) is 0 Å². The number of hydrogen-bond acceptors (Lipinski definition) is 5. The van der Waals surface area contributed by atoms with Gasteiger partial charge >= 0.3 is 5.97 Å². The van der Waals surface area contributed by atoms with E-state index in [1.807, 2.05) is 4.90 Å². The predicted octanol–water partition coefficient (Wildman–Crippen LogP) is 1.08. The van der Waals surface area contributed by atoms with Crippen LogP contribution in [-0.4, -0.2) is 45.7 Å². The molecule has 2 rings (SSSR count). The summed E-state index contributed by atoms with van der Waals surface area (Å²) < 4.78 is 0. The number of carbonyl (C=O) groups excluding carboxylic acids is 1. The average Bonchev–Trinajstić information content (AvgIpc) is 2.91. The molecule has 0 bridgehead atoms. The van der Waals surface area contributed by atoms with Gasteiger partial charge in [-0.15, -0.1) is 0 Å². The summed E-state index contributed by atoms with van der Waals surface area (Å²) in [6.45, 7) is 1.61. The number of carboxylic acids is 1. The van der Waals surface area contributed by atoms with Crippen LogP contribution in [0.1, 0.15) is 23.3 Å². The molecule has 3 N–H and O–H groups in total. The van der Waals surface area contributed by atoms with Gasteiger partial charge in [-0.05, 0) is 25.0 Å². The number of anilines is 1. The lowest BCUT2D eigenvalue weighted by atomic mass is 10.3. The van der Waals surface area contributed by atoms with E-state index in [9.17, 15) is 9.59 Å². The zero-order chi connectivity index (χ0) is 13.8. The van der Waals surface area contributed by atoms with Crippen LogP contribution < -0.4 is 5.73 Å². The summed E-state index contributed by atoms with van der Waals surface area (Å²) in [5.74, 6) is -0.822. The minimum absolute atomic E-state index is 0.0458. The van der Waals surface area contributed by atoms with Gasteiger partial charge in [-0.2, -0.15) is 0 Å². The molecule has 0 aromatic carbocycles. The molecular formula is C12H15N3O3S. The zero-order valence-electron chi connectivity index (χ0n) is 10.3. The molecule has 1 saturated heterocycles. The minimum atomic E-state index is -1.10. The second-order valence-corrected chi connectivity index (χ2v) is 5.24. The minimum Gasteiger partial charge on any atom is -0.477 e. The van der Waals surface area contributed by atoms with Gasteiger partial charge in [0.25, 0.3) is 0 Å². The molecule has 102 valence electrons. The Morgan fingerprint density at radius 1 is 1.37 bits per heavy atom. The molecule has 1 aromatic heterocycles. The number of aromatic nitrogens is 1. The number of amides is 1. The average molecular weight is 281 g/mol. The second kappa shape index (κ2) is 5.92. The molecule has 0 aliphatic carbocycles. The largest absolute Gasteiger partial charge is 0.477 e. The van der Waals surface area contributed by atoms with Crippen LogP contribution in [0, 0.1) is 0 Å². The first kappa shape index (κ1) is 13.7. The summed E-state index contributed by atoms with van der Waals surface area (Å²) in [5, 5.41) is 9.26. The van der Waals surface area contributed by atoms with Crippen LogP contribution in [0.15, 0.2) is 17.2 Å². The van der Waals surface area contributed by atoms with Gasteiger partial charge in [0.15, 0.2) is 0 Å². The summed E-state index contributed by atoms with van der Waals surface area (Å²) in [4.78, 5) is 28.4. The van der Waals surface area contributed by atoms with E-state index in [-0.39, 0.29) is 17.4 Å². The van der Waals surface area contributed by atoms with Gasteiger partial charge < -0.3 is 15.7 Å². The number of thioether (sulfide) groups is 1. The molecule has 0 spiro atoms. The fourth-order valence-electron chi connectivity index (χ4n) is 1.87. The van der Waals surface area contributed by atoms with Gasteiger partial charge in [0.2, 0.25) is 5.91 Å². The van der Waals surface area contributed by atoms with Crippen LogP contribution in [0.2, 0.25) is 0 Å². The highest BCUT2D eigenvalue weighted by Gasteiger charge is 2.18. The molecule has 7 heteroatoms. The Labute approximate surface area is 115 Å². The summed E-state index contributed by atoms with van der Waals surface area (Å²) in [7, 11) is 0. The van der Waals surface area contributed by atoms with Crippen LogP contribution >= 0.6 is 11.8 Å². The van der Waals surface area contributed by atoms with Crippen molar-refractivity contribution in [3.63, 3.8) is 0 Å². The quantitative estimate of drug-likeness (QED) is 0.802. The summed E-state index contributed by atoms with van der Waals surface area (Å²) in [5.41, 5.74) is 6.06. The third-order valence-corrected chi connectivity index (χ3v) is 3.89. The molecule has 1 amide bonds. The third-order valence-electron chi connectivity index (χ3n) is 2.90. The van der Waals surface area contributed by atoms with E-state index in [1.165, 1.54) is 23.9 Å². The van der Waals surface area contributed by atoms with Crippen molar-refractivity contribution >= 4 is 29.3 Å². The summed E-state index contributed by atoms with van der Waals surface area (Å²) in [6.07, 6.45) is 2.09. The van der Waals surface area contributed by atoms with Crippen molar-refractivity contribution in [2.75, 3.05) is 24.6 Å². The van der Waals surface area contributed by atoms with E-state index >= 15 is 0 Å². The SMILES string of the molecule is Nc1ccc(C(=O)O)nc1SCC(=O)N1CCCC1. The van der Waals surface area contributed by atoms with E-state index in [4.69, 9.17) is 10.8 Å². The topological polar surface area (TPSA) is 96.5 Å². The highest BCUT2D eigenvalue weighted by atomic mass is 32.2. The van der Waals surface area contributed by atoms with Crippen LogP contribution in [-0.2, 0) is 4.79 Å². The van der Waals surface area contributed by atoms with Gasteiger partial charge in [0.1, 0.15) is 10.7 Å². The van der Waals surface area contributed by atoms with Gasteiger partial charge in [-0.25, -0.2) is 9.78 Å². The fourth-order valence-corrected chi connectivity index (χ4v) is 2.71. The molecule has 1 aliphatic rings. The van der Waals surface area contributed by atoms with Crippen molar-refractivity contribution in [2.24, 2.45) is 0 Å². The maximum atomic E-state index is 11.9. The Bertz CT molecular complexity index is 501. The first-order chi connectivity index (χ1) is 9.08. The Morgan fingerprint density at radius 3 is 2.68 bits per heavy atom. The monoisotopic (exact) mass is 281 g/mol. The molecule has 1 aromatic rings. The van der Waals surface area contributed by atoms with Crippen molar-refractivity contribution in [1.82, 2.24) is 9.88 Å². The molecule has 0 radical (unpaired) electrons. The number of likely N-dealkylation sites (tertiary alicyclic amines) is 1. The first-order valence-corrected chi connectivity index (χ1v) is 6.97. The summed E-state index contributed by atoms with van der Waals surface area (Å²) in [6, 6.07) is 2.85. The number of aromatic carboxylic acids is 1. The van der Waals surface area contributed by atoms with Crippen molar-refractivity contribution in [1.29, 1.82) is 0 Å². The molecular weight excluding hydrogens is 266 g/mol. The number of nitrogens with zero attached hydrogens (tertiary/aromatic N) is 2. The van der Waals surface area contributed by atoms with Gasteiger partial charge in [-0.1, -0.05) is 11.8 Å². The van der Waals surface area contributed by atoms with Crippen LogP contribution in [0.4, 0.5) is 5.69 Å². The number of carboxylic acid groups (broad SMARTS) is 1. The normalized spacial score (nSPS) is 14.6. The molecule has 1 aliphatic heterocycles. The Morgan fingerprint density at radius 2 is 2.05 bits per heavy atom. The van der Waals surface area contributed by atoms with E-state index in [2.05, 4.69) is 4.98 Å². The maximum absolute atomic E-state index is 11.9. The third kappa shape index (κ3) is 3.37. The van der Waals surface area contributed by atoms with Crippen LogP contribution in [0.3, 0.4) is 0 Å². The van der Waals surface area contributed by atoms with Crippen LogP contribution in [0.25, 0.3) is 0 Å². The number of pyridine rings is 1. The Kier molecular flexibility index (Phi) is 4.26.